The first-order valence-electron chi connectivity index (χ1n) is 9.03. The van der Waals surface area contributed by atoms with Crippen molar-refractivity contribution in [2.24, 2.45) is 10.4 Å². The van der Waals surface area contributed by atoms with Crippen molar-refractivity contribution < 1.29 is 4.74 Å². The van der Waals surface area contributed by atoms with Gasteiger partial charge in [-0.2, -0.15) is 0 Å². The van der Waals surface area contributed by atoms with E-state index in [-0.39, 0.29) is 24.0 Å². The van der Waals surface area contributed by atoms with E-state index in [1.165, 1.54) is 32.1 Å². The summed E-state index contributed by atoms with van der Waals surface area (Å²) in [6, 6.07) is 0. The summed E-state index contributed by atoms with van der Waals surface area (Å²) in [5.41, 5.74) is 3.76. The second-order valence-electron chi connectivity index (χ2n) is 7.33. The molecule has 5 nitrogen and oxygen atoms in total. The molecule has 1 spiro atoms. The van der Waals surface area contributed by atoms with Crippen LogP contribution in [0.1, 0.15) is 48.9 Å². The number of nitrogens with zero attached hydrogens (tertiary/aromatic N) is 3. The van der Waals surface area contributed by atoms with E-state index in [4.69, 9.17) is 4.74 Å². The molecule has 1 saturated heterocycles. The van der Waals surface area contributed by atoms with Crippen LogP contribution in [-0.2, 0) is 6.54 Å². The van der Waals surface area contributed by atoms with Crippen molar-refractivity contribution in [3.63, 3.8) is 0 Å². The minimum absolute atomic E-state index is 0. The molecule has 6 heteroatoms. The van der Waals surface area contributed by atoms with Gasteiger partial charge >= 0.3 is 0 Å². The number of nitrogens with one attached hydrogen (secondary N) is 1. The maximum absolute atomic E-state index is 5.50. The smallest absolute Gasteiger partial charge is 0.193 e. The SMILES string of the molecule is CN=C(NCc1ncc(C)c(OC)c1C)N1CCC2(CCCC2)C1.I. The van der Waals surface area contributed by atoms with Gasteiger partial charge in [0, 0.05) is 37.5 Å². The quantitative estimate of drug-likeness (QED) is 0.427. The average Bonchev–Trinajstić information content (AvgIpc) is 3.21. The molecule has 2 aliphatic rings. The summed E-state index contributed by atoms with van der Waals surface area (Å²) in [6.45, 7) is 7.04. The molecule has 2 heterocycles. The zero-order valence-electron chi connectivity index (χ0n) is 15.9. The van der Waals surface area contributed by atoms with Crippen LogP contribution in [-0.4, -0.2) is 43.1 Å². The van der Waals surface area contributed by atoms with Crippen LogP contribution in [0.25, 0.3) is 0 Å². The monoisotopic (exact) mass is 458 g/mol. The average molecular weight is 458 g/mol. The van der Waals surface area contributed by atoms with Gasteiger partial charge in [-0.15, -0.1) is 24.0 Å². The van der Waals surface area contributed by atoms with Gasteiger partial charge in [0.1, 0.15) is 5.75 Å². The van der Waals surface area contributed by atoms with E-state index in [2.05, 4.69) is 27.1 Å². The van der Waals surface area contributed by atoms with Crippen LogP contribution in [0.2, 0.25) is 0 Å². The summed E-state index contributed by atoms with van der Waals surface area (Å²) < 4.78 is 5.50. The number of aryl methyl sites for hydroxylation is 1. The topological polar surface area (TPSA) is 49.8 Å². The highest BCUT2D eigenvalue weighted by molar-refractivity contribution is 14.0. The number of guanidine groups is 1. The molecule has 0 radical (unpaired) electrons. The molecule has 0 atom stereocenters. The number of likely N-dealkylation sites (tertiary alicyclic amines) is 1. The Morgan fingerprint density at radius 2 is 2.04 bits per heavy atom. The van der Waals surface area contributed by atoms with E-state index in [1.54, 1.807) is 7.11 Å². The first-order chi connectivity index (χ1) is 11.6. The number of halogens is 1. The van der Waals surface area contributed by atoms with Crippen LogP contribution in [0.5, 0.6) is 5.75 Å². The minimum Gasteiger partial charge on any atom is -0.496 e. The van der Waals surface area contributed by atoms with E-state index in [0.29, 0.717) is 12.0 Å². The summed E-state index contributed by atoms with van der Waals surface area (Å²) in [7, 11) is 3.59. The minimum atomic E-state index is 0. The second kappa shape index (κ2) is 8.56. The molecule has 2 fully saturated rings. The summed E-state index contributed by atoms with van der Waals surface area (Å²) in [4.78, 5) is 11.5. The number of pyridine rings is 1. The fourth-order valence-electron chi connectivity index (χ4n) is 4.39. The Bertz CT molecular complexity index is 626. The number of hydrogen-bond donors (Lipinski definition) is 1. The van der Waals surface area contributed by atoms with Gasteiger partial charge in [-0.25, -0.2) is 0 Å². The van der Waals surface area contributed by atoms with Crippen molar-refractivity contribution >= 4 is 29.9 Å². The second-order valence-corrected chi connectivity index (χ2v) is 7.33. The van der Waals surface area contributed by atoms with Crippen molar-refractivity contribution in [3.8, 4) is 5.75 Å². The first-order valence-corrected chi connectivity index (χ1v) is 9.03. The maximum Gasteiger partial charge on any atom is 0.193 e. The highest BCUT2D eigenvalue weighted by atomic mass is 127. The van der Waals surface area contributed by atoms with Gasteiger partial charge in [-0.3, -0.25) is 9.98 Å². The number of ether oxygens (including phenoxy) is 1. The van der Waals surface area contributed by atoms with Crippen LogP contribution < -0.4 is 10.1 Å². The predicted octanol–water partition coefficient (Wildman–Crippen LogP) is 3.67. The fourth-order valence-corrected chi connectivity index (χ4v) is 4.39. The lowest BCUT2D eigenvalue weighted by Crippen LogP contribution is -2.40. The van der Waals surface area contributed by atoms with Crippen LogP contribution in [0.3, 0.4) is 0 Å². The van der Waals surface area contributed by atoms with Crippen LogP contribution in [0.4, 0.5) is 0 Å². The number of hydrogen-bond acceptors (Lipinski definition) is 3. The first kappa shape index (κ1) is 20.3. The number of methoxy groups -OCH3 is 1. The van der Waals surface area contributed by atoms with Crippen LogP contribution >= 0.6 is 24.0 Å². The molecule has 1 saturated carbocycles. The third-order valence-electron chi connectivity index (χ3n) is 5.78. The van der Waals surface area contributed by atoms with Gasteiger partial charge in [0.15, 0.2) is 5.96 Å². The lowest BCUT2D eigenvalue weighted by molar-refractivity contribution is 0.309. The molecular weight excluding hydrogens is 427 g/mol. The molecule has 0 bridgehead atoms. The zero-order chi connectivity index (χ0) is 17.2. The number of aliphatic imine (C=N–C) groups is 1. The summed E-state index contributed by atoms with van der Waals surface area (Å²) in [5, 5.41) is 3.50. The molecule has 25 heavy (non-hydrogen) atoms. The third kappa shape index (κ3) is 4.20. The largest absolute Gasteiger partial charge is 0.496 e. The highest BCUT2D eigenvalue weighted by Gasteiger charge is 2.41. The Kier molecular flexibility index (Phi) is 6.93. The Labute approximate surface area is 168 Å². The molecule has 1 N–H and O–H groups in total. The standard InChI is InChI=1S/C19H30N4O.HI/c1-14-11-21-16(15(2)17(14)24-4)12-22-18(20-3)23-10-9-19(13-23)7-5-6-8-19;/h11H,5-10,12-13H2,1-4H3,(H,20,22);1H. The molecule has 0 aromatic carbocycles. The molecule has 3 rings (SSSR count). The van der Waals surface area contributed by atoms with E-state index in [1.807, 2.05) is 20.2 Å². The van der Waals surface area contributed by atoms with E-state index >= 15 is 0 Å². The summed E-state index contributed by atoms with van der Waals surface area (Å²) in [5.74, 6) is 1.93. The molecule has 1 aromatic rings. The summed E-state index contributed by atoms with van der Waals surface area (Å²) >= 11 is 0. The third-order valence-corrected chi connectivity index (χ3v) is 5.78. The van der Waals surface area contributed by atoms with E-state index < -0.39 is 0 Å². The maximum atomic E-state index is 5.50. The Morgan fingerprint density at radius 1 is 1.32 bits per heavy atom. The number of aromatic nitrogens is 1. The Hall–Kier alpha value is -1.05. The van der Waals surface area contributed by atoms with Crippen molar-refractivity contribution in [1.29, 1.82) is 0 Å². The molecule has 1 aromatic heterocycles. The van der Waals surface area contributed by atoms with Gasteiger partial charge in [0.2, 0.25) is 0 Å². The predicted molar refractivity (Wildman–Crippen MR) is 113 cm³/mol. The Morgan fingerprint density at radius 3 is 2.68 bits per heavy atom. The fraction of sp³-hybridized carbons (Fsp3) is 0.684. The molecule has 1 aliphatic heterocycles. The Balaban J connectivity index is 0.00000225. The van der Waals surface area contributed by atoms with Gasteiger partial charge in [-0.1, -0.05) is 12.8 Å². The van der Waals surface area contributed by atoms with E-state index in [0.717, 1.165) is 41.6 Å². The van der Waals surface area contributed by atoms with Crippen LogP contribution in [0, 0.1) is 19.3 Å². The van der Waals surface area contributed by atoms with Crippen LogP contribution in [0.15, 0.2) is 11.2 Å². The normalized spacial score (nSPS) is 19.2. The molecule has 1 aliphatic carbocycles. The van der Waals surface area contributed by atoms with Gasteiger partial charge in [0.25, 0.3) is 0 Å². The molecule has 0 unspecified atom stereocenters. The van der Waals surface area contributed by atoms with Gasteiger partial charge in [0.05, 0.1) is 19.3 Å². The van der Waals surface area contributed by atoms with E-state index in [9.17, 15) is 0 Å². The lowest BCUT2D eigenvalue weighted by atomic mass is 9.86. The van der Waals surface area contributed by atoms with Crippen molar-refractivity contribution in [1.82, 2.24) is 15.2 Å². The molecule has 0 amide bonds. The van der Waals surface area contributed by atoms with Crippen molar-refractivity contribution in [2.75, 3.05) is 27.2 Å². The zero-order valence-corrected chi connectivity index (χ0v) is 18.2. The molecule has 140 valence electrons. The summed E-state index contributed by atoms with van der Waals surface area (Å²) in [6.07, 6.45) is 8.75. The van der Waals surface area contributed by atoms with Gasteiger partial charge < -0.3 is 15.0 Å². The number of rotatable bonds is 3. The molecular formula is C19H31IN4O. The highest BCUT2D eigenvalue weighted by Crippen LogP contribution is 2.45. The van der Waals surface area contributed by atoms with Crippen molar-refractivity contribution in [3.05, 3.63) is 23.0 Å². The lowest BCUT2D eigenvalue weighted by Gasteiger charge is -2.26. The van der Waals surface area contributed by atoms with Gasteiger partial charge in [-0.05, 0) is 38.5 Å². The van der Waals surface area contributed by atoms with Crippen molar-refractivity contribution in [2.45, 2.75) is 52.5 Å².